The maximum atomic E-state index is 13.0. The van der Waals surface area contributed by atoms with Gasteiger partial charge in [0.25, 0.3) is 6.29 Å². The number of carboxylic acid groups (broad SMARTS) is 1. The maximum Gasteiger partial charge on any atom is 0.361 e. The minimum absolute atomic E-state index is 0.179. The van der Waals surface area contributed by atoms with Gasteiger partial charge in [-0.05, 0) is 70.6 Å². The van der Waals surface area contributed by atoms with Gasteiger partial charge in [-0.25, -0.2) is 4.79 Å². The number of carboxylic acids is 1. The maximum absolute atomic E-state index is 13.0. The van der Waals surface area contributed by atoms with Crippen molar-refractivity contribution in [1.82, 2.24) is 0 Å². The van der Waals surface area contributed by atoms with Crippen molar-refractivity contribution in [3.63, 3.8) is 0 Å². The summed E-state index contributed by atoms with van der Waals surface area (Å²) in [7, 11) is 5.99. The van der Waals surface area contributed by atoms with Crippen molar-refractivity contribution < 1.29 is 42.9 Å². The van der Waals surface area contributed by atoms with Crippen LogP contribution >= 0.6 is 0 Å². The van der Waals surface area contributed by atoms with E-state index in [-0.39, 0.29) is 38.2 Å². The molecule has 0 aliphatic heterocycles. The van der Waals surface area contributed by atoms with Crippen LogP contribution in [0.5, 0.6) is 0 Å². The summed E-state index contributed by atoms with van der Waals surface area (Å²) in [6, 6.07) is 0. The summed E-state index contributed by atoms with van der Waals surface area (Å²) in [5, 5.41) is 9.78. The van der Waals surface area contributed by atoms with E-state index in [1.807, 2.05) is 21.1 Å². The zero-order valence-electron chi connectivity index (χ0n) is 64.0. The highest BCUT2D eigenvalue weighted by atomic mass is 16.7. The van der Waals surface area contributed by atoms with Gasteiger partial charge in [-0.2, -0.15) is 0 Å². The SMILES string of the molecule is CC/C=C\C/C=C\C/C=C\C/C=C\C/C=C\C/C=C\C/C=C\CCCCCCCCCCCCCCCCCC(=O)OC(COC(=O)CCCCCCCCCCCCCCCCCCCCCCCCCCCCCCCCCCCC)COC(OCC[N+](C)(C)C)C(=O)O. The lowest BCUT2D eigenvalue weighted by Crippen LogP contribution is -2.40. The minimum Gasteiger partial charge on any atom is -0.477 e. The van der Waals surface area contributed by atoms with E-state index in [2.05, 4.69) is 98.9 Å². The van der Waals surface area contributed by atoms with Crippen molar-refractivity contribution in [2.45, 2.75) is 405 Å². The molecule has 0 radical (unpaired) electrons. The Morgan fingerprint density at radius 2 is 0.594 bits per heavy atom. The Bertz CT molecular complexity index is 1860. The van der Waals surface area contributed by atoms with Gasteiger partial charge in [-0.3, -0.25) is 9.59 Å². The lowest BCUT2D eigenvalue weighted by Gasteiger charge is -2.25. The number of ether oxygens (including phenoxy) is 4. The Kier molecular flexibility index (Phi) is 74.4. The van der Waals surface area contributed by atoms with Crippen LogP contribution in [-0.2, 0) is 33.3 Å². The first-order valence-corrected chi connectivity index (χ1v) is 41.3. The van der Waals surface area contributed by atoms with E-state index in [1.54, 1.807) is 0 Å². The van der Waals surface area contributed by atoms with Crippen LogP contribution in [0.2, 0.25) is 0 Å². The predicted molar refractivity (Wildman–Crippen MR) is 415 cm³/mol. The van der Waals surface area contributed by atoms with Crippen molar-refractivity contribution in [1.29, 1.82) is 0 Å². The number of nitrogens with zero attached hydrogens (tertiary/aromatic N) is 1. The molecule has 0 aliphatic rings. The summed E-state index contributed by atoms with van der Waals surface area (Å²) in [6.45, 7) is 4.83. The molecular weight excluding hydrogens is 1190 g/mol. The number of esters is 2. The molecule has 0 rings (SSSR count). The lowest BCUT2D eigenvalue weighted by atomic mass is 10.0. The first-order chi connectivity index (χ1) is 47.1. The molecule has 2 unspecified atom stereocenters. The second-order valence-electron chi connectivity index (χ2n) is 29.1. The van der Waals surface area contributed by atoms with Gasteiger partial charge < -0.3 is 28.5 Å². The average molecular weight is 1350 g/mol. The van der Waals surface area contributed by atoms with Crippen molar-refractivity contribution in [3.8, 4) is 0 Å². The minimum atomic E-state index is -1.51. The summed E-state index contributed by atoms with van der Waals surface area (Å²) in [6.07, 6.45) is 103. The van der Waals surface area contributed by atoms with Crippen LogP contribution in [0.3, 0.4) is 0 Å². The van der Waals surface area contributed by atoms with Gasteiger partial charge in [0, 0.05) is 12.8 Å². The number of rotatable bonds is 77. The third-order valence-electron chi connectivity index (χ3n) is 18.4. The number of carbonyl (C=O) groups is 3. The van der Waals surface area contributed by atoms with E-state index < -0.39 is 18.4 Å². The van der Waals surface area contributed by atoms with Crippen molar-refractivity contribution in [2.75, 3.05) is 47.5 Å². The molecule has 0 saturated heterocycles. The normalized spacial score (nSPS) is 13.1. The van der Waals surface area contributed by atoms with Gasteiger partial charge in [0.2, 0.25) is 0 Å². The molecule has 96 heavy (non-hydrogen) atoms. The van der Waals surface area contributed by atoms with Gasteiger partial charge in [0.05, 0.1) is 34.4 Å². The van der Waals surface area contributed by atoms with Crippen LogP contribution in [-0.4, -0.2) is 87.4 Å². The summed E-state index contributed by atoms with van der Waals surface area (Å²) in [5.74, 6) is -1.98. The molecule has 0 spiro atoms. The molecule has 0 saturated carbocycles. The summed E-state index contributed by atoms with van der Waals surface area (Å²) < 4.78 is 23.1. The molecule has 0 bridgehead atoms. The molecule has 558 valence electrons. The van der Waals surface area contributed by atoms with Gasteiger partial charge >= 0.3 is 17.9 Å². The molecule has 1 N–H and O–H groups in total. The molecule has 0 aromatic carbocycles. The molecule has 2 atom stereocenters. The highest BCUT2D eigenvalue weighted by Gasteiger charge is 2.25. The van der Waals surface area contributed by atoms with Crippen LogP contribution in [0.25, 0.3) is 0 Å². The summed E-state index contributed by atoms with van der Waals surface area (Å²) >= 11 is 0. The third kappa shape index (κ3) is 77.8. The number of unbranched alkanes of at least 4 members (excludes halogenated alkanes) is 48. The number of carbonyl (C=O) groups excluding carboxylic acids is 2. The summed E-state index contributed by atoms with van der Waals surface area (Å²) in [5.41, 5.74) is 0. The molecule has 0 aromatic heterocycles. The van der Waals surface area contributed by atoms with Gasteiger partial charge in [-0.15, -0.1) is 0 Å². The molecule has 0 amide bonds. The second-order valence-corrected chi connectivity index (χ2v) is 29.1. The number of hydrogen-bond donors (Lipinski definition) is 1. The quantitative estimate of drug-likeness (QED) is 0.0211. The molecule has 0 aromatic rings. The predicted octanol–water partition coefficient (Wildman–Crippen LogP) is 26.5. The van der Waals surface area contributed by atoms with Crippen molar-refractivity contribution in [3.05, 3.63) is 85.1 Å². The average Bonchev–Trinajstić information content (AvgIpc) is 2.74. The molecule has 0 aliphatic carbocycles. The number of quaternary nitrogens is 1. The monoisotopic (exact) mass is 1350 g/mol. The molecular formula is C87H158NO8+. The number of aliphatic carboxylic acids is 1. The van der Waals surface area contributed by atoms with Gasteiger partial charge in [0.15, 0.2) is 6.10 Å². The Labute approximate surface area is 595 Å². The van der Waals surface area contributed by atoms with E-state index >= 15 is 0 Å². The van der Waals surface area contributed by atoms with Crippen LogP contribution in [0.15, 0.2) is 85.1 Å². The van der Waals surface area contributed by atoms with Gasteiger partial charge in [-0.1, -0.05) is 394 Å². The Hall–Kier alpha value is -3.53. The fourth-order valence-electron chi connectivity index (χ4n) is 12.2. The van der Waals surface area contributed by atoms with E-state index in [0.717, 1.165) is 83.5 Å². The fourth-order valence-corrected chi connectivity index (χ4v) is 12.2. The molecule has 0 heterocycles. The van der Waals surface area contributed by atoms with Crippen LogP contribution in [0.1, 0.15) is 393 Å². The van der Waals surface area contributed by atoms with Crippen LogP contribution in [0.4, 0.5) is 0 Å². The van der Waals surface area contributed by atoms with E-state index in [4.69, 9.17) is 18.9 Å². The first kappa shape index (κ1) is 92.5. The van der Waals surface area contributed by atoms with Crippen molar-refractivity contribution in [2.24, 2.45) is 0 Å². The largest absolute Gasteiger partial charge is 0.477 e. The highest BCUT2D eigenvalue weighted by molar-refractivity contribution is 5.71. The molecule has 9 nitrogen and oxygen atoms in total. The van der Waals surface area contributed by atoms with E-state index in [1.165, 1.54) is 283 Å². The Morgan fingerprint density at radius 3 is 0.885 bits per heavy atom. The lowest BCUT2D eigenvalue weighted by molar-refractivity contribution is -0.870. The van der Waals surface area contributed by atoms with Crippen LogP contribution in [0, 0.1) is 0 Å². The standard InChI is InChI=1S/C87H157NO8/c1-6-8-10-12-14-16-18-20-22-24-26-28-30-32-34-36-38-40-42-43-44-46-48-50-52-54-56-58-60-62-64-66-68-70-72-74-76-78-85(90)96-83(82-95-87(86(91)92)93-80-79-88(3,4)5)81-94-84(89)77-75-73-71-69-67-65-63-61-59-57-55-53-51-49-47-45-41-39-37-35-33-31-29-27-25-23-21-19-17-15-13-11-9-7-2/h8,10,14,16,20,22,26,28,32,34,38,40,43-44,83,87H,6-7,9,11-13,15,17-19,21,23-25,27,29-31,33,35-37,39,41-42,45-82H2,1-5H3/p+1/b10-8-,16-14-,22-20-,28-26-,34-32-,40-38-,44-43-. The summed E-state index contributed by atoms with van der Waals surface area (Å²) in [4.78, 5) is 37.8. The number of hydrogen-bond acceptors (Lipinski definition) is 7. The molecule has 0 fully saturated rings. The van der Waals surface area contributed by atoms with E-state index in [0.29, 0.717) is 17.4 Å². The Balaban J connectivity index is 3.99. The highest BCUT2D eigenvalue weighted by Crippen LogP contribution is 2.20. The smallest absolute Gasteiger partial charge is 0.361 e. The first-order valence-electron chi connectivity index (χ1n) is 41.3. The number of likely N-dealkylation sites (N-methyl/N-ethyl adjacent to an activating group) is 1. The molecule has 9 heteroatoms. The van der Waals surface area contributed by atoms with E-state index in [9.17, 15) is 19.5 Å². The fraction of sp³-hybridized carbons (Fsp3) is 0.805. The van der Waals surface area contributed by atoms with Gasteiger partial charge in [0.1, 0.15) is 13.2 Å². The zero-order valence-corrected chi connectivity index (χ0v) is 64.0. The van der Waals surface area contributed by atoms with Crippen molar-refractivity contribution >= 4 is 17.9 Å². The topological polar surface area (TPSA) is 108 Å². The third-order valence-corrected chi connectivity index (χ3v) is 18.4. The Morgan fingerprint density at radius 1 is 0.323 bits per heavy atom. The second kappa shape index (κ2) is 77.2. The number of allylic oxidation sites excluding steroid dienone is 14. The zero-order chi connectivity index (χ0) is 69.7. The van der Waals surface area contributed by atoms with Crippen LogP contribution < -0.4 is 0 Å².